The first-order valence-corrected chi connectivity index (χ1v) is 13.7. The van der Waals surface area contributed by atoms with Gasteiger partial charge >= 0.3 is 0 Å². The highest BCUT2D eigenvalue weighted by Gasteiger charge is 2.45. The molecular weight excluding hydrogens is 480 g/mol. The number of rotatable bonds is 4. The number of aliphatic hydroxyl groups excluding tert-OH is 1. The van der Waals surface area contributed by atoms with Crippen LogP contribution in [-0.4, -0.2) is 76.5 Å². The number of amides is 3. The number of nitrogens with zero attached hydrogens (tertiary/aromatic N) is 2. The standard InChI is InChI=1S/C30H36N4O4/c1-29(2)18-34(17-25(35)24-14-19-5-3-4-6-21(19)16-31-24)28(38)22-8-7-20(13-23(22)29)27(37)33-11-9-30(10-12-33)15-26(36)32-30/h3-8,13,24-25,31,35H,9-12,14-18H2,1-2H3,(H,32,36)/t24-,25+/m0/s1. The van der Waals surface area contributed by atoms with Crippen molar-refractivity contribution in [2.45, 2.75) is 69.2 Å². The Hall–Kier alpha value is -3.23. The van der Waals surface area contributed by atoms with Crippen molar-refractivity contribution in [3.63, 3.8) is 0 Å². The van der Waals surface area contributed by atoms with Crippen LogP contribution in [0, 0.1) is 0 Å². The second kappa shape index (κ2) is 9.20. The number of hydrogen-bond acceptors (Lipinski definition) is 5. The molecule has 2 atom stereocenters. The topological polar surface area (TPSA) is 102 Å². The summed E-state index contributed by atoms with van der Waals surface area (Å²) in [4.78, 5) is 41.9. The lowest BCUT2D eigenvalue weighted by atomic mass is 9.76. The van der Waals surface area contributed by atoms with Crippen molar-refractivity contribution >= 4 is 17.7 Å². The fraction of sp³-hybridized carbons (Fsp3) is 0.500. The van der Waals surface area contributed by atoms with E-state index in [1.165, 1.54) is 11.1 Å². The molecule has 4 aliphatic rings. The molecule has 1 spiro atoms. The number of carbonyl (C=O) groups is 3. The van der Waals surface area contributed by atoms with E-state index in [9.17, 15) is 19.5 Å². The van der Waals surface area contributed by atoms with Crippen LogP contribution in [0.25, 0.3) is 0 Å². The van der Waals surface area contributed by atoms with E-state index < -0.39 is 6.10 Å². The molecule has 0 radical (unpaired) electrons. The molecule has 0 unspecified atom stereocenters. The molecule has 4 aliphatic heterocycles. The minimum atomic E-state index is -0.687. The zero-order chi connectivity index (χ0) is 26.7. The fourth-order valence-electron chi connectivity index (χ4n) is 6.69. The van der Waals surface area contributed by atoms with Gasteiger partial charge in [-0.25, -0.2) is 0 Å². The molecule has 200 valence electrons. The third-order valence-corrected chi connectivity index (χ3v) is 9.00. The molecule has 6 rings (SSSR count). The van der Waals surface area contributed by atoms with Gasteiger partial charge in [0.05, 0.1) is 11.6 Å². The number of carbonyl (C=O) groups excluding carboxylic acids is 3. The monoisotopic (exact) mass is 516 g/mol. The molecule has 3 amide bonds. The van der Waals surface area contributed by atoms with E-state index in [0.29, 0.717) is 43.7 Å². The predicted molar refractivity (Wildman–Crippen MR) is 143 cm³/mol. The molecule has 0 aromatic heterocycles. The summed E-state index contributed by atoms with van der Waals surface area (Å²) in [5, 5.41) is 17.5. The van der Waals surface area contributed by atoms with Crippen molar-refractivity contribution in [1.29, 1.82) is 0 Å². The van der Waals surface area contributed by atoms with Crippen LogP contribution in [0.4, 0.5) is 0 Å². The van der Waals surface area contributed by atoms with Gasteiger partial charge < -0.3 is 25.5 Å². The van der Waals surface area contributed by atoms with Crippen molar-refractivity contribution in [3.8, 4) is 0 Å². The van der Waals surface area contributed by atoms with E-state index in [1.807, 2.05) is 23.1 Å². The van der Waals surface area contributed by atoms with Crippen LogP contribution in [0.3, 0.4) is 0 Å². The minimum absolute atomic E-state index is 0.0296. The van der Waals surface area contributed by atoms with Gasteiger partial charge in [0.2, 0.25) is 5.91 Å². The first-order valence-electron chi connectivity index (χ1n) is 13.7. The highest BCUT2D eigenvalue weighted by atomic mass is 16.3. The summed E-state index contributed by atoms with van der Waals surface area (Å²) in [7, 11) is 0. The van der Waals surface area contributed by atoms with Crippen LogP contribution in [0.5, 0.6) is 0 Å². The molecule has 38 heavy (non-hydrogen) atoms. The Morgan fingerprint density at radius 3 is 2.53 bits per heavy atom. The van der Waals surface area contributed by atoms with Gasteiger partial charge in [-0.1, -0.05) is 38.1 Å². The van der Waals surface area contributed by atoms with Gasteiger partial charge in [-0.05, 0) is 54.2 Å². The number of hydrogen-bond donors (Lipinski definition) is 3. The maximum atomic E-state index is 13.5. The molecule has 2 saturated heterocycles. The molecule has 3 N–H and O–H groups in total. The van der Waals surface area contributed by atoms with Crippen LogP contribution in [-0.2, 0) is 23.2 Å². The number of likely N-dealkylation sites (tertiary alicyclic amines) is 1. The molecule has 8 nitrogen and oxygen atoms in total. The largest absolute Gasteiger partial charge is 0.390 e. The van der Waals surface area contributed by atoms with Gasteiger partial charge in [0.15, 0.2) is 0 Å². The van der Waals surface area contributed by atoms with Gasteiger partial charge in [-0.3, -0.25) is 14.4 Å². The molecular formula is C30H36N4O4. The summed E-state index contributed by atoms with van der Waals surface area (Å²) >= 11 is 0. The van der Waals surface area contributed by atoms with Gasteiger partial charge in [0, 0.05) is 61.7 Å². The lowest BCUT2D eigenvalue weighted by molar-refractivity contribution is -0.134. The zero-order valence-corrected chi connectivity index (χ0v) is 22.1. The Bertz CT molecular complexity index is 1290. The summed E-state index contributed by atoms with van der Waals surface area (Å²) in [6.45, 7) is 6.85. The Labute approximate surface area is 223 Å². The number of piperidine rings is 1. The third kappa shape index (κ3) is 4.39. The lowest BCUT2D eigenvalue weighted by Gasteiger charge is -2.47. The molecule has 2 fully saturated rings. The van der Waals surface area contributed by atoms with Crippen LogP contribution >= 0.6 is 0 Å². The summed E-state index contributed by atoms with van der Waals surface area (Å²) < 4.78 is 0. The Balaban J connectivity index is 1.14. The van der Waals surface area contributed by atoms with E-state index in [-0.39, 0.29) is 41.3 Å². The predicted octanol–water partition coefficient (Wildman–Crippen LogP) is 1.99. The van der Waals surface area contributed by atoms with E-state index in [4.69, 9.17) is 0 Å². The van der Waals surface area contributed by atoms with Gasteiger partial charge in [-0.15, -0.1) is 0 Å². The normalized spacial score (nSPS) is 24.2. The van der Waals surface area contributed by atoms with E-state index in [0.717, 1.165) is 24.8 Å². The molecule has 0 saturated carbocycles. The Kier molecular flexibility index (Phi) is 6.07. The quantitative estimate of drug-likeness (QED) is 0.540. The number of fused-ring (bicyclic) bond motifs is 2. The number of nitrogens with one attached hydrogen (secondary N) is 2. The molecule has 2 aromatic carbocycles. The van der Waals surface area contributed by atoms with Crippen molar-refractivity contribution in [2.75, 3.05) is 26.2 Å². The lowest BCUT2D eigenvalue weighted by Crippen LogP contribution is -2.65. The Morgan fingerprint density at radius 2 is 1.82 bits per heavy atom. The van der Waals surface area contributed by atoms with Crippen LogP contribution < -0.4 is 10.6 Å². The average Bonchev–Trinajstić information content (AvgIpc) is 2.90. The van der Waals surface area contributed by atoms with Crippen LogP contribution in [0.1, 0.15) is 70.5 Å². The molecule has 0 aliphatic carbocycles. The van der Waals surface area contributed by atoms with E-state index in [1.54, 1.807) is 17.0 Å². The van der Waals surface area contributed by atoms with E-state index >= 15 is 0 Å². The highest BCUT2D eigenvalue weighted by molar-refractivity contribution is 6.00. The number of benzene rings is 2. The first-order chi connectivity index (χ1) is 18.1. The molecule has 8 heteroatoms. The maximum Gasteiger partial charge on any atom is 0.254 e. The first kappa shape index (κ1) is 25.1. The Morgan fingerprint density at radius 1 is 1.11 bits per heavy atom. The van der Waals surface area contributed by atoms with Crippen LogP contribution in [0.15, 0.2) is 42.5 Å². The van der Waals surface area contributed by atoms with Gasteiger partial charge in [0.1, 0.15) is 0 Å². The summed E-state index contributed by atoms with van der Waals surface area (Å²) in [5.74, 6) is -0.0412. The second-order valence-corrected chi connectivity index (χ2v) is 12.2. The summed E-state index contributed by atoms with van der Waals surface area (Å²) in [5.41, 5.74) is 4.08. The van der Waals surface area contributed by atoms with Crippen molar-refractivity contribution in [1.82, 2.24) is 20.4 Å². The SMILES string of the molecule is CC1(C)CN(C[C@@H](O)[C@@H]2Cc3ccccc3CN2)C(=O)c2ccc(C(=O)N3CCC4(CC3)CC(=O)N4)cc21. The highest BCUT2D eigenvalue weighted by Crippen LogP contribution is 2.36. The zero-order valence-electron chi connectivity index (χ0n) is 22.1. The maximum absolute atomic E-state index is 13.5. The van der Waals surface area contributed by atoms with E-state index in [2.05, 4.69) is 36.6 Å². The minimum Gasteiger partial charge on any atom is -0.390 e. The molecule has 0 bridgehead atoms. The number of β-amino-alcohol motifs (C(OH)–C–C–N with tert-alkyl or cyclic N) is 1. The summed E-state index contributed by atoms with van der Waals surface area (Å²) in [6, 6.07) is 13.6. The van der Waals surface area contributed by atoms with Crippen molar-refractivity contribution in [3.05, 3.63) is 70.3 Å². The van der Waals surface area contributed by atoms with Gasteiger partial charge in [0.25, 0.3) is 11.8 Å². The number of aliphatic hydroxyl groups is 1. The van der Waals surface area contributed by atoms with Crippen molar-refractivity contribution < 1.29 is 19.5 Å². The average molecular weight is 517 g/mol. The van der Waals surface area contributed by atoms with Gasteiger partial charge in [-0.2, -0.15) is 0 Å². The second-order valence-electron chi connectivity index (χ2n) is 12.2. The van der Waals surface area contributed by atoms with Crippen molar-refractivity contribution in [2.24, 2.45) is 0 Å². The smallest absolute Gasteiger partial charge is 0.254 e. The third-order valence-electron chi connectivity index (χ3n) is 9.00. The van der Waals surface area contributed by atoms with Crippen LogP contribution in [0.2, 0.25) is 0 Å². The molecule has 2 aromatic rings. The number of β-lactam (4-membered cyclic amide) rings is 1. The summed E-state index contributed by atoms with van der Waals surface area (Å²) in [6.07, 6.45) is 2.15. The molecule has 4 heterocycles. The fourth-order valence-corrected chi connectivity index (χ4v) is 6.69.